The number of furan rings is 1. The van der Waals surface area contributed by atoms with Crippen LogP contribution in [-0.4, -0.2) is 24.9 Å². The Hall–Kier alpha value is -7.83. The third kappa shape index (κ3) is 5.97. The fourth-order valence-corrected chi connectivity index (χ4v) is 7.61. The maximum Gasteiger partial charge on any atom is 0.164 e. The first kappa shape index (κ1) is 32.6. The molecule has 57 heavy (non-hydrogen) atoms. The van der Waals surface area contributed by atoms with Crippen molar-refractivity contribution in [2.75, 3.05) is 0 Å². The van der Waals surface area contributed by atoms with Crippen LogP contribution in [0.3, 0.4) is 0 Å². The molecule has 0 saturated carbocycles. The smallest absolute Gasteiger partial charge is 0.164 e. The van der Waals surface area contributed by atoms with Crippen LogP contribution in [0.1, 0.15) is 0 Å². The molecule has 3 aromatic heterocycles. The fourth-order valence-electron chi connectivity index (χ4n) is 7.61. The molecule has 0 unspecified atom stereocenters. The van der Waals surface area contributed by atoms with Crippen LogP contribution in [0.5, 0.6) is 0 Å². The molecule has 0 N–H and O–H groups in total. The number of rotatable bonds is 6. The highest BCUT2D eigenvalue weighted by Crippen LogP contribution is 2.35. The van der Waals surface area contributed by atoms with Crippen molar-refractivity contribution in [2.24, 2.45) is 0 Å². The third-order valence-electron chi connectivity index (χ3n) is 10.5. The summed E-state index contributed by atoms with van der Waals surface area (Å²) < 4.78 is 6.30. The van der Waals surface area contributed by atoms with Crippen LogP contribution in [0, 0.1) is 0 Å². The van der Waals surface area contributed by atoms with Gasteiger partial charge in [0.05, 0.1) is 16.6 Å². The summed E-state index contributed by atoms with van der Waals surface area (Å²) in [5.74, 6) is 1.87. The normalized spacial score (nSPS) is 11.5. The Bertz CT molecular complexity index is 3290. The zero-order valence-corrected chi connectivity index (χ0v) is 30.5. The van der Waals surface area contributed by atoms with Crippen molar-refractivity contribution in [3.8, 4) is 67.5 Å². The SMILES string of the molecule is c1ccc(-c2ccc(-c3nc(-c4ccccc4)nc(-c4cccc(-c5cccc(-c6ccc7nc8ccc9c%10ccccc%10oc9c8nc7c6)c5)c4)n3)cc2)cc1. The molecule has 0 radical (unpaired) electrons. The lowest BCUT2D eigenvalue weighted by Crippen LogP contribution is -2.00. The lowest BCUT2D eigenvalue weighted by atomic mass is 9.97. The van der Waals surface area contributed by atoms with Crippen molar-refractivity contribution in [1.82, 2.24) is 24.9 Å². The van der Waals surface area contributed by atoms with Gasteiger partial charge in [0.15, 0.2) is 23.1 Å². The van der Waals surface area contributed by atoms with Crippen molar-refractivity contribution in [3.05, 3.63) is 188 Å². The van der Waals surface area contributed by atoms with E-state index >= 15 is 0 Å². The van der Waals surface area contributed by atoms with E-state index in [2.05, 4.69) is 121 Å². The molecular formula is C51H31N5O. The van der Waals surface area contributed by atoms with E-state index < -0.39 is 0 Å². The maximum absolute atomic E-state index is 6.30. The van der Waals surface area contributed by atoms with Gasteiger partial charge in [-0.15, -0.1) is 0 Å². The Labute approximate surface area is 327 Å². The third-order valence-corrected chi connectivity index (χ3v) is 10.5. The number of aromatic nitrogens is 5. The number of hydrogen-bond donors (Lipinski definition) is 0. The topological polar surface area (TPSA) is 77.6 Å². The van der Waals surface area contributed by atoms with Gasteiger partial charge in [-0.25, -0.2) is 24.9 Å². The Kier molecular flexibility index (Phi) is 7.71. The molecule has 11 aromatic rings. The standard InChI is InChI=1S/C51H31N5O/c1-3-11-32(12-4-1)33-21-23-35(24-22-33)50-54-49(34-13-5-2-6-14-34)55-51(56-50)40-18-10-17-38(30-40)36-15-9-16-37(29-36)39-25-27-43-45(31-39)53-47-44(52-43)28-26-42-41-19-7-8-20-46(41)57-48(42)47/h1-31H. The lowest BCUT2D eigenvalue weighted by Gasteiger charge is -2.11. The molecule has 0 aliphatic heterocycles. The summed E-state index contributed by atoms with van der Waals surface area (Å²) >= 11 is 0. The van der Waals surface area contributed by atoms with Gasteiger partial charge in [-0.3, -0.25) is 0 Å². The second-order valence-electron chi connectivity index (χ2n) is 14.1. The average Bonchev–Trinajstić information content (AvgIpc) is 3.68. The summed E-state index contributed by atoms with van der Waals surface area (Å²) in [7, 11) is 0. The van der Waals surface area contributed by atoms with Crippen molar-refractivity contribution in [3.63, 3.8) is 0 Å². The molecule has 8 aromatic carbocycles. The summed E-state index contributed by atoms with van der Waals surface area (Å²) in [5.41, 5.74) is 14.2. The van der Waals surface area contributed by atoms with Crippen LogP contribution in [0.4, 0.5) is 0 Å². The zero-order valence-electron chi connectivity index (χ0n) is 30.5. The van der Waals surface area contributed by atoms with Crippen LogP contribution in [0.2, 0.25) is 0 Å². The van der Waals surface area contributed by atoms with Crippen molar-refractivity contribution in [2.45, 2.75) is 0 Å². The summed E-state index contributed by atoms with van der Waals surface area (Å²) in [6, 6.07) is 64.3. The molecule has 0 aliphatic carbocycles. The van der Waals surface area contributed by atoms with Gasteiger partial charge in [0.25, 0.3) is 0 Å². The van der Waals surface area contributed by atoms with Gasteiger partial charge >= 0.3 is 0 Å². The number of fused-ring (bicyclic) bond motifs is 6. The van der Waals surface area contributed by atoms with Crippen molar-refractivity contribution in [1.29, 1.82) is 0 Å². The molecule has 3 heterocycles. The second-order valence-corrected chi connectivity index (χ2v) is 14.1. The van der Waals surface area contributed by atoms with Crippen molar-refractivity contribution < 1.29 is 4.42 Å². The summed E-state index contributed by atoms with van der Waals surface area (Å²) in [4.78, 5) is 25.1. The van der Waals surface area contributed by atoms with Crippen LogP contribution in [0.15, 0.2) is 192 Å². The van der Waals surface area contributed by atoms with E-state index in [4.69, 9.17) is 29.3 Å². The minimum Gasteiger partial charge on any atom is -0.454 e. The largest absolute Gasteiger partial charge is 0.454 e. The number of nitrogens with zero attached hydrogens (tertiary/aromatic N) is 5. The molecule has 0 fully saturated rings. The number of para-hydroxylation sites is 1. The van der Waals surface area contributed by atoms with Gasteiger partial charge in [0, 0.05) is 27.5 Å². The highest BCUT2D eigenvalue weighted by Gasteiger charge is 2.16. The molecule has 11 rings (SSSR count). The van der Waals surface area contributed by atoms with E-state index in [9.17, 15) is 0 Å². The van der Waals surface area contributed by atoms with Crippen LogP contribution < -0.4 is 0 Å². The van der Waals surface area contributed by atoms with Gasteiger partial charge in [0.2, 0.25) is 0 Å². The van der Waals surface area contributed by atoms with E-state index in [-0.39, 0.29) is 0 Å². The Morgan fingerprint density at radius 2 is 0.772 bits per heavy atom. The predicted octanol–water partition coefficient (Wildman–Crippen LogP) is 12.9. The van der Waals surface area contributed by atoms with E-state index in [1.165, 1.54) is 5.56 Å². The molecule has 0 saturated heterocycles. The quantitative estimate of drug-likeness (QED) is 0.159. The monoisotopic (exact) mass is 729 g/mol. The molecule has 0 bridgehead atoms. The molecule has 0 atom stereocenters. The molecule has 0 spiro atoms. The predicted molar refractivity (Wildman–Crippen MR) is 230 cm³/mol. The van der Waals surface area contributed by atoms with Crippen LogP contribution in [0.25, 0.3) is 112 Å². The molecule has 0 amide bonds. The van der Waals surface area contributed by atoms with E-state index in [0.717, 1.165) is 88.5 Å². The lowest BCUT2D eigenvalue weighted by molar-refractivity contribution is 0.671. The van der Waals surface area contributed by atoms with E-state index in [1.54, 1.807) is 0 Å². The van der Waals surface area contributed by atoms with Gasteiger partial charge < -0.3 is 4.42 Å². The Morgan fingerprint density at radius 1 is 0.281 bits per heavy atom. The Morgan fingerprint density at radius 3 is 1.49 bits per heavy atom. The summed E-state index contributed by atoms with van der Waals surface area (Å²) in [5, 5.41) is 2.12. The average molecular weight is 730 g/mol. The highest BCUT2D eigenvalue weighted by molar-refractivity contribution is 6.14. The van der Waals surface area contributed by atoms with E-state index in [1.807, 2.05) is 66.7 Å². The zero-order chi connectivity index (χ0) is 37.7. The number of benzene rings is 8. The molecule has 0 aliphatic rings. The summed E-state index contributed by atoms with van der Waals surface area (Å²) in [6.07, 6.45) is 0. The molecule has 266 valence electrons. The van der Waals surface area contributed by atoms with Crippen LogP contribution in [-0.2, 0) is 0 Å². The van der Waals surface area contributed by atoms with Crippen molar-refractivity contribution >= 4 is 44.0 Å². The first-order valence-electron chi connectivity index (χ1n) is 18.9. The molecule has 6 nitrogen and oxygen atoms in total. The van der Waals surface area contributed by atoms with E-state index in [0.29, 0.717) is 17.5 Å². The first-order chi connectivity index (χ1) is 28.2. The molecule has 6 heteroatoms. The van der Waals surface area contributed by atoms with Crippen LogP contribution >= 0.6 is 0 Å². The van der Waals surface area contributed by atoms with Gasteiger partial charge in [0.1, 0.15) is 11.1 Å². The minimum absolute atomic E-state index is 0.614. The van der Waals surface area contributed by atoms with Gasteiger partial charge in [-0.05, 0) is 75.8 Å². The second kappa shape index (κ2) is 13.5. The molecular weight excluding hydrogens is 699 g/mol. The van der Waals surface area contributed by atoms with Gasteiger partial charge in [-0.2, -0.15) is 0 Å². The van der Waals surface area contributed by atoms with Gasteiger partial charge in [-0.1, -0.05) is 146 Å². The summed E-state index contributed by atoms with van der Waals surface area (Å²) in [6.45, 7) is 0. The maximum atomic E-state index is 6.30. The first-order valence-corrected chi connectivity index (χ1v) is 18.9. The Balaban J connectivity index is 0.960. The highest BCUT2D eigenvalue weighted by atomic mass is 16.3. The number of hydrogen-bond acceptors (Lipinski definition) is 6. The fraction of sp³-hybridized carbons (Fsp3) is 0. The minimum atomic E-state index is 0.614.